The lowest BCUT2D eigenvalue weighted by molar-refractivity contribution is 0.590. The van der Waals surface area contributed by atoms with Gasteiger partial charge in [-0.05, 0) is 127 Å². The number of aryl methyl sites for hydroxylation is 1. The van der Waals surface area contributed by atoms with E-state index in [1.54, 1.807) is 0 Å². The van der Waals surface area contributed by atoms with E-state index in [0.29, 0.717) is 0 Å². The van der Waals surface area contributed by atoms with Gasteiger partial charge < -0.3 is 14.2 Å². The molecular weight excluding hydrogens is 715 g/mol. The Bertz CT molecular complexity index is 2760. The molecule has 0 unspecified atom stereocenters. The lowest BCUT2D eigenvalue weighted by Gasteiger charge is -2.43. The molecule has 59 heavy (non-hydrogen) atoms. The zero-order chi connectivity index (χ0) is 42.0. The molecule has 7 aromatic rings. The van der Waals surface area contributed by atoms with E-state index < -0.39 is 0 Å². The number of rotatable bonds is 3. The van der Waals surface area contributed by atoms with Crippen molar-refractivity contribution < 1.29 is 4.42 Å². The fraction of sp³-hybridized carbons (Fsp3) is 0.309. The third kappa shape index (κ3) is 6.51. The van der Waals surface area contributed by atoms with Crippen LogP contribution in [0.2, 0.25) is 0 Å². The molecule has 6 aromatic carbocycles. The molecule has 2 aliphatic heterocycles. The van der Waals surface area contributed by atoms with Gasteiger partial charge in [0.05, 0.1) is 17.0 Å². The van der Waals surface area contributed by atoms with Gasteiger partial charge in [0, 0.05) is 33.7 Å². The van der Waals surface area contributed by atoms with Gasteiger partial charge in [0.25, 0.3) is 6.71 Å². The van der Waals surface area contributed by atoms with Gasteiger partial charge in [0.2, 0.25) is 0 Å². The first-order chi connectivity index (χ1) is 27.7. The van der Waals surface area contributed by atoms with Gasteiger partial charge in [-0.15, -0.1) is 0 Å². The number of hydrogen-bond acceptors (Lipinski definition) is 3. The minimum atomic E-state index is -0.117. The number of nitrogens with zero attached hydrogens (tertiary/aromatic N) is 2. The summed E-state index contributed by atoms with van der Waals surface area (Å²) < 4.78 is 7.28. The van der Waals surface area contributed by atoms with Crippen LogP contribution in [0.15, 0.2) is 126 Å². The lowest BCUT2D eigenvalue weighted by Crippen LogP contribution is -2.61. The average Bonchev–Trinajstić information content (AvgIpc) is 3.55. The van der Waals surface area contributed by atoms with Gasteiger partial charge in [0.15, 0.2) is 0 Å². The first-order valence-electron chi connectivity index (χ1n) is 21.5. The van der Waals surface area contributed by atoms with Crippen LogP contribution in [0.4, 0.5) is 34.1 Å². The smallest absolute Gasteiger partial charge is 0.297 e. The molecule has 0 N–H and O–H groups in total. The normalized spacial score (nSPS) is 14.1. The summed E-state index contributed by atoms with van der Waals surface area (Å²) in [5.74, 6) is 0. The van der Waals surface area contributed by atoms with Crippen molar-refractivity contribution in [2.75, 3.05) is 9.80 Å². The Morgan fingerprint density at radius 2 is 1.00 bits per heavy atom. The Balaban J connectivity index is 1.41. The predicted octanol–water partition coefficient (Wildman–Crippen LogP) is 13.7. The van der Waals surface area contributed by atoms with Crippen LogP contribution in [0, 0.1) is 6.92 Å². The summed E-state index contributed by atoms with van der Waals surface area (Å²) >= 11 is 0. The van der Waals surface area contributed by atoms with Crippen molar-refractivity contribution >= 4 is 68.4 Å². The van der Waals surface area contributed by atoms with Crippen LogP contribution in [0.1, 0.15) is 111 Å². The minimum Gasteiger partial charge on any atom is -0.468 e. The van der Waals surface area contributed by atoms with Crippen LogP contribution in [-0.4, -0.2) is 6.71 Å². The molecule has 4 heteroatoms. The van der Waals surface area contributed by atoms with Crippen molar-refractivity contribution in [3.63, 3.8) is 0 Å². The Morgan fingerprint density at radius 1 is 0.475 bits per heavy atom. The first kappa shape index (κ1) is 39.0. The maximum absolute atomic E-state index is 7.28. The van der Waals surface area contributed by atoms with Crippen LogP contribution < -0.4 is 26.4 Å². The Hall–Kier alpha value is -5.48. The van der Waals surface area contributed by atoms with E-state index in [1.165, 1.54) is 72.6 Å². The third-order valence-corrected chi connectivity index (χ3v) is 12.7. The number of fused-ring (bicyclic) bond motifs is 6. The maximum Gasteiger partial charge on any atom is 0.297 e. The van der Waals surface area contributed by atoms with E-state index in [2.05, 4.69) is 221 Å². The van der Waals surface area contributed by atoms with Crippen molar-refractivity contribution in [1.82, 2.24) is 0 Å². The molecule has 0 saturated heterocycles. The topological polar surface area (TPSA) is 19.6 Å². The van der Waals surface area contributed by atoms with Crippen LogP contribution in [-0.2, 0) is 21.7 Å². The molecule has 0 spiro atoms. The van der Waals surface area contributed by atoms with Gasteiger partial charge in [-0.3, -0.25) is 0 Å². The quantitative estimate of drug-likeness (QED) is 0.167. The van der Waals surface area contributed by atoms with E-state index in [4.69, 9.17) is 4.42 Å². The van der Waals surface area contributed by atoms with Crippen molar-refractivity contribution in [3.8, 4) is 11.1 Å². The van der Waals surface area contributed by atoms with Crippen molar-refractivity contribution in [3.05, 3.63) is 149 Å². The summed E-state index contributed by atoms with van der Waals surface area (Å²) in [7, 11) is 0. The van der Waals surface area contributed by atoms with E-state index >= 15 is 0 Å². The number of hydrogen-bond donors (Lipinski definition) is 0. The van der Waals surface area contributed by atoms with Crippen LogP contribution >= 0.6 is 0 Å². The summed E-state index contributed by atoms with van der Waals surface area (Å²) in [6, 6.07) is 46.2. The summed E-state index contributed by atoms with van der Waals surface area (Å²) in [6.45, 7) is 29.8. The van der Waals surface area contributed by atoms with E-state index in [0.717, 1.165) is 28.0 Å². The number of furan rings is 1. The predicted molar refractivity (Wildman–Crippen MR) is 255 cm³/mol. The highest BCUT2D eigenvalue weighted by Crippen LogP contribution is 2.50. The third-order valence-electron chi connectivity index (χ3n) is 12.7. The highest BCUT2D eigenvalue weighted by Gasteiger charge is 2.47. The Morgan fingerprint density at radius 3 is 1.61 bits per heavy atom. The maximum atomic E-state index is 7.28. The van der Waals surface area contributed by atoms with Crippen molar-refractivity contribution in [2.45, 2.75) is 112 Å². The largest absolute Gasteiger partial charge is 0.468 e. The van der Waals surface area contributed by atoms with E-state index in [1.807, 2.05) is 0 Å². The average molecular weight is 775 g/mol. The van der Waals surface area contributed by atoms with E-state index in [-0.39, 0.29) is 28.4 Å². The summed E-state index contributed by atoms with van der Waals surface area (Å²) in [5, 5.41) is 1.15. The molecule has 0 aliphatic carbocycles. The molecule has 3 heterocycles. The second-order valence-electron chi connectivity index (χ2n) is 21.3. The number of anilines is 6. The molecule has 0 amide bonds. The zero-order valence-electron chi connectivity index (χ0n) is 37.4. The molecule has 9 rings (SSSR count). The van der Waals surface area contributed by atoms with Gasteiger partial charge in [-0.1, -0.05) is 150 Å². The minimum absolute atomic E-state index is 0.00927. The fourth-order valence-corrected chi connectivity index (χ4v) is 9.24. The van der Waals surface area contributed by atoms with Crippen molar-refractivity contribution in [1.29, 1.82) is 0 Å². The van der Waals surface area contributed by atoms with Gasteiger partial charge in [-0.25, -0.2) is 0 Å². The Labute approximate surface area is 353 Å². The highest BCUT2D eigenvalue weighted by molar-refractivity contribution is 7.00. The summed E-state index contributed by atoms with van der Waals surface area (Å²) in [5.41, 5.74) is 20.4. The fourth-order valence-electron chi connectivity index (χ4n) is 9.24. The van der Waals surface area contributed by atoms with Gasteiger partial charge in [0.1, 0.15) is 5.58 Å². The summed E-state index contributed by atoms with van der Waals surface area (Å²) in [6.07, 6.45) is 0. The van der Waals surface area contributed by atoms with Crippen LogP contribution in [0.25, 0.3) is 22.1 Å². The first-order valence-corrected chi connectivity index (χ1v) is 21.5. The molecule has 0 saturated carbocycles. The zero-order valence-corrected chi connectivity index (χ0v) is 37.4. The molecular formula is C55H59BN2O. The molecule has 0 radical (unpaired) electrons. The van der Waals surface area contributed by atoms with Crippen molar-refractivity contribution in [2.24, 2.45) is 0 Å². The SMILES string of the molecule is Cc1cc2c3c(c1)N(c1ccc(C(C)(C)C)cc1)c1c(oc4ccc(C(C)(C)C)cc14)B3c1cc(C(C)(C)C)ccc1N2c1ccc(C(C)(C)C)cc1-c1ccccc1. The number of benzene rings is 6. The summed E-state index contributed by atoms with van der Waals surface area (Å²) in [4.78, 5) is 5.07. The molecule has 0 atom stereocenters. The highest BCUT2D eigenvalue weighted by atomic mass is 16.3. The van der Waals surface area contributed by atoms with E-state index in [9.17, 15) is 0 Å². The molecule has 0 fully saturated rings. The lowest BCUT2D eigenvalue weighted by atomic mass is 9.35. The molecule has 298 valence electrons. The monoisotopic (exact) mass is 774 g/mol. The van der Waals surface area contributed by atoms with Gasteiger partial charge >= 0.3 is 0 Å². The molecule has 0 bridgehead atoms. The molecule has 2 aliphatic rings. The van der Waals surface area contributed by atoms with Gasteiger partial charge in [-0.2, -0.15) is 0 Å². The van der Waals surface area contributed by atoms with Crippen LogP contribution in [0.5, 0.6) is 0 Å². The Kier molecular flexibility index (Phi) is 8.77. The molecule has 3 nitrogen and oxygen atoms in total. The second-order valence-corrected chi connectivity index (χ2v) is 21.3. The molecule has 1 aromatic heterocycles. The van der Waals surface area contributed by atoms with Crippen LogP contribution in [0.3, 0.4) is 0 Å². The standard InChI is InChI=1S/C55H59BN2O/c1-34-29-46-49-47(30-34)58(44-26-21-37(53(5,6)7)31-41(44)35-17-15-14-16-18-35)45-27-22-39(55(11,12)13)33-43(45)56(49)51-50(42-32-38(54(8,9)10)23-28-48(42)59-51)57(46)40-24-19-36(20-25-40)52(2,3)4/h14-33H,1-13H3. The second kappa shape index (κ2) is 13.3.